The van der Waals surface area contributed by atoms with Crippen LogP contribution in [0.25, 0.3) is 0 Å². The Hall–Kier alpha value is -1.55. The van der Waals surface area contributed by atoms with Crippen LogP contribution in [-0.4, -0.2) is 35.2 Å². The fraction of sp³-hybridized carbons (Fsp3) is 0.632. The maximum atomic E-state index is 12.2. The molecule has 1 aromatic rings. The van der Waals surface area contributed by atoms with Crippen molar-refractivity contribution in [3.8, 4) is 0 Å². The van der Waals surface area contributed by atoms with Crippen molar-refractivity contribution >= 4 is 6.09 Å². The van der Waals surface area contributed by atoms with E-state index in [2.05, 4.69) is 41.4 Å². The predicted molar refractivity (Wildman–Crippen MR) is 91.2 cm³/mol. The molecule has 1 aromatic carbocycles. The number of amides is 1. The van der Waals surface area contributed by atoms with Crippen LogP contribution in [0.5, 0.6) is 0 Å². The third kappa shape index (κ3) is 3.52. The maximum Gasteiger partial charge on any atom is 0.408 e. The molecule has 1 spiro atoms. The largest absolute Gasteiger partial charge is 0.444 e. The van der Waals surface area contributed by atoms with Crippen molar-refractivity contribution in [2.45, 2.75) is 58.2 Å². The van der Waals surface area contributed by atoms with E-state index in [-0.39, 0.29) is 17.0 Å². The van der Waals surface area contributed by atoms with Crippen molar-refractivity contribution in [2.75, 3.05) is 13.1 Å². The molecule has 1 aliphatic heterocycles. The summed E-state index contributed by atoms with van der Waals surface area (Å²) in [6.45, 7) is 10.7. The molecule has 1 saturated carbocycles. The Kier molecular flexibility index (Phi) is 3.91. The standard InChI is InChI=1S/C19H28N2O2/c1-17(2,3)23-16(22)20-18(4)13-21(14-19(18)10-11-19)12-15-8-6-5-7-9-15/h5-9H,10-14H2,1-4H3,(H,20,22)/t18-/m1/s1. The van der Waals surface area contributed by atoms with Crippen molar-refractivity contribution in [1.29, 1.82) is 0 Å². The number of alkyl carbamates (subject to hydrolysis) is 1. The number of benzene rings is 1. The van der Waals surface area contributed by atoms with Gasteiger partial charge in [-0.2, -0.15) is 0 Å². The molecular formula is C19H28N2O2. The fourth-order valence-electron chi connectivity index (χ4n) is 3.79. The first-order valence-electron chi connectivity index (χ1n) is 8.49. The first-order valence-corrected chi connectivity index (χ1v) is 8.49. The molecule has 1 saturated heterocycles. The molecular weight excluding hydrogens is 288 g/mol. The summed E-state index contributed by atoms with van der Waals surface area (Å²) < 4.78 is 5.47. The Labute approximate surface area is 139 Å². The Balaban J connectivity index is 1.66. The zero-order chi connectivity index (χ0) is 16.7. The van der Waals surface area contributed by atoms with Crippen LogP contribution in [0.15, 0.2) is 30.3 Å². The predicted octanol–water partition coefficient (Wildman–Crippen LogP) is 3.57. The van der Waals surface area contributed by atoms with Gasteiger partial charge in [0.2, 0.25) is 0 Å². The monoisotopic (exact) mass is 316 g/mol. The summed E-state index contributed by atoms with van der Waals surface area (Å²) in [6.07, 6.45) is 2.07. The van der Waals surface area contributed by atoms with Gasteiger partial charge in [-0.05, 0) is 46.1 Å². The van der Waals surface area contributed by atoms with Gasteiger partial charge in [-0.3, -0.25) is 4.90 Å². The minimum absolute atomic E-state index is 0.204. The second kappa shape index (κ2) is 5.52. The van der Waals surface area contributed by atoms with Crippen LogP contribution in [-0.2, 0) is 11.3 Å². The molecule has 2 aliphatic rings. The van der Waals surface area contributed by atoms with Gasteiger partial charge in [-0.15, -0.1) is 0 Å². The highest BCUT2D eigenvalue weighted by atomic mass is 16.6. The molecule has 3 rings (SSSR count). The molecule has 0 unspecified atom stereocenters. The van der Waals surface area contributed by atoms with Crippen LogP contribution in [0, 0.1) is 5.41 Å². The molecule has 4 nitrogen and oxygen atoms in total. The Morgan fingerprint density at radius 1 is 1.22 bits per heavy atom. The van der Waals surface area contributed by atoms with Gasteiger partial charge in [0.1, 0.15) is 5.60 Å². The topological polar surface area (TPSA) is 41.6 Å². The van der Waals surface area contributed by atoms with Gasteiger partial charge in [0.25, 0.3) is 0 Å². The van der Waals surface area contributed by atoms with Gasteiger partial charge in [0.15, 0.2) is 0 Å². The lowest BCUT2D eigenvalue weighted by Crippen LogP contribution is -2.54. The van der Waals surface area contributed by atoms with Gasteiger partial charge >= 0.3 is 6.09 Å². The van der Waals surface area contributed by atoms with Gasteiger partial charge in [0.05, 0.1) is 5.54 Å². The normalized spacial score (nSPS) is 26.3. The smallest absolute Gasteiger partial charge is 0.408 e. The first kappa shape index (κ1) is 16.3. The lowest BCUT2D eigenvalue weighted by Gasteiger charge is -2.33. The summed E-state index contributed by atoms with van der Waals surface area (Å²) in [7, 11) is 0. The van der Waals surface area contributed by atoms with E-state index in [1.807, 2.05) is 26.8 Å². The summed E-state index contributed by atoms with van der Waals surface area (Å²) in [6, 6.07) is 10.5. The highest BCUT2D eigenvalue weighted by molar-refractivity contribution is 5.69. The van der Waals surface area contributed by atoms with Crippen LogP contribution < -0.4 is 5.32 Å². The minimum atomic E-state index is -0.459. The van der Waals surface area contributed by atoms with Gasteiger partial charge < -0.3 is 10.1 Å². The number of carbonyl (C=O) groups excluding carboxylic acids is 1. The Morgan fingerprint density at radius 3 is 2.43 bits per heavy atom. The van der Waals surface area contributed by atoms with Crippen molar-refractivity contribution in [2.24, 2.45) is 5.41 Å². The minimum Gasteiger partial charge on any atom is -0.444 e. The van der Waals surface area contributed by atoms with E-state index in [1.54, 1.807) is 0 Å². The molecule has 1 amide bonds. The van der Waals surface area contributed by atoms with Crippen LogP contribution in [0.3, 0.4) is 0 Å². The summed E-state index contributed by atoms with van der Waals surface area (Å²) in [5.41, 5.74) is 0.882. The average Bonchev–Trinajstić information content (AvgIpc) is 3.13. The van der Waals surface area contributed by atoms with E-state index in [1.165, 1.54) is 18.4 Å². The highest BCUT2D eigenvalue weighted by Gasteiger charge is 2.62. The lowest BCUT2D eigenvalue weighted by atomic mass is 9.86. The van der Waals surface area contributed by atoms with E-state index in [0.29, 0.717) is 0 Å². The first-order chi connectivity index (χ1) is 10.7. The third-order valence-electron chi connectivity index (χ3n) is 5.12. The number of nitrogens with zero attached hydrogens (tertiary/aromatic N) is 1. The van der Waals surface area contributed by atoms with Crippen LogP contribution in [0.4, 0.5) is 4.79 Å². The van der Waals surface area contributed by atoms with E-state index in [4.69, 9.17) is 4.74 Å². The summed E-state index contributed by atoms with van der Waals surface area (Å²) in [4.78, 5) is 14.7. The molecule has 1 N–H and O–H groups in total. The molecule has 1 atom stereocenters. The van der Waals surface area contributed by atoms with E-state index < -0.39 is 5.60 Å². The molecule has 0 aromatic heterocycles. The molecule has 1 heterocycles. The molecule has 2 fully saturated rings. The van der Waals surface area contributed by atoms with Crippen molar-refractivity contribution in [3.05, 3.63) is 35.9 Å². The highest BCUT2D eigenvalue weighted by Crippen LogP contribution is 2.58. The van der Waals surface area contributed by atoms with Crippen LogP contribution in [0.1, 0.15) is 46.1 Å². The fourth-order valence-corrected chi connectivity index (χ4v) is 3.79. The van der Waals surface area contributed by atoms with Gasteiger partial charge in [-0.1, -0.05) is 30.3 Å². The second-order valence-electron chi connectivity index (χ2n) is 8.37. The number of nitrogens with one attached hydrogen (secondary N) is 1. The van der Waals surface area contributed by atoms with E-state index in [9.17, 15) is 4.79 Å². The molecule has 126 valence electrons. The number of ether oxygens (including phenoxy) is 1. The number of hydrogen-bond acceptors (Lipinski definition) is 3. The van der Waals surface area contributed by atoms with Crippen LogP contribution in [0.2, 0.25) is 0 Å². The van der Waals surface area contributed by atoms with E-state index in [0.717, 1.165) is 19.6 Å². The zero-order valence-electron chi connectivity index (χ0n) is 14.7. The lowest BCUT2D eigenvalue weighted by molar-refractivity contribution is 0.0436. The van der Waals surface area contributed by atoms with Crippen molar-refractivity contribution < 1.29 is 9.53 Å². The molecule has 23 heavy (non-hydrogen) atoms. The zero-order valence-corrected chi connectivity index (χ0v) is 14.7. The maximum absolute atomic E-state index is 12.2. The number of hydrogen-bond donors (Lipinski definition) is 1. The van der Waals surface area contributed by atoms with Crippen molar-refractivity contribution in [3.63, 3.8) is 0 Å². The molecule has 0 radical (unpaired) electrons. The van der Waals surface area contributed by atoms with Crippen molar-refractivity contribution in [1.82, 2.24) is 10.2 Å². The molecule has 4 heteroatoms. The third-order valence-corrected chi connectivity index (χ3v) is 5.12. The molecule has 1 aliphatic carbocycles. The van der Waals surface area contributed by atoms with E-state index >= 15 is 0 Å². The SMILES string of the molecule is CC(C)(C)OC(=O)N[C@]1(C)CN(Cc2ccccc2)CC12CC2. The Bertz CT molecular complexity index is 575. The summed E-state index contributed by atoms with van der Waals surface area (Å²) in [5, 5.41) is 3.18. The quantitative estimate of drug-likeness (QED) is 0.927. The number of rotatable bonds is 3. The number of carbonyl (C=O) groups is 1. The average molecular weight is 316 g/mol. The molecule has 0 bridgehead atoms. The number of likely N-dealkylation sites (tertiary alicyclic amines) is 1. The summed E-state index contributed by atoms with van der Waals surface area (Å²) in [5.74, 6) is 0. The second-order valence-corrected chi connectivity index (χ2v) is 8.37. The van der Waals surface area contributed by atoms with Crippen LogP contribution >= 0.6 is 0 Å². The Morgan fingerprint density at radius 2 is 1.87 bits per heavy atom. The summed E-state index contributed by atoms with van der Waals surface area (Å²) >= 11 is 0. The van der Waals surface area contributed by atoms with Gasteiger partial charge in [-0.25, -0.2) is 4.79 Å². The van der Waals surface area contributed by atoms with Gasteiger partial charge in [0, 0.05) is 25.0 Å².